The number of benzene rings is 1. The van der Waals surface area contributed by atoms with Gasteiger partial charge in [-0.15, -0.1) is 0 Å². The summed E-state index contributed by atoms with van der Waals surface area (Å²) in [6.45, 7) is 1.81. The second-order valence-electron chi connectivity index (χ2n) is 4.06. The minimum atomic E-state index is -0.784. The molecule has 1 heterocycles. The lowest BCUT2D eigenvalue weighted by atomic mass is 10.0. The average Bonchev–Trinajstić information content (AvgIpc) is 2.83. The lowest BCUT2D eigenvalue weighted by molar-refractivity contribution is 0.216. The van der Waals surface area contributed by atoms with Crippen LogP contribution >= 0.6 is 15.9 Å². The lowest BCUT2D eigenvalue weighted by Gasteiger charge is -2.16. The quantitative estimate of drug-likeness (QED) is 0.934. The fraction of sp³-hybridized carbons (Fsp3) is 0.286. The number of aryl methyl sites for hydroxylation is 1. The monoisotopic (exact) mass is 326 g/mol. The molecule has 1 N–H and O–H groups in total. The van der Waals surface area contributed by atoms with Crippen LogP contribution in [0.2, 0.25) is 0 Å². The van der Waals surface area contributed by atoms with E-state index >= 15 is 0 Å². The number of aliphatic hydroxyl groups is 1. The van der Waals surface area contributed by atoms with Crippen molar-refractivity contribution in [2.45, 2.75) is 13.0 Å². The molecule has 4 nitrogen and oxygen atoms in total. The van der Waals surface area contributed by atoms with E-state index in [0.717, 1.165) is 10.0 Å². The van der Waals surface area contributed by atoms with Crippen molar-refractivity contribution in [1.29, 1.82) is 0 Å². The number of halogens is 1. The standard InChI is InChI=1S/C14H15BrO4/c1-8-9(4-5-19-8)14(16)10-6-12(17-2)13(18-3)7-11(10)15/h4-7,14,16H,1-3H3. The van der Waals surface area contributed by atoms with Gasteiger partial charge in [-0.25, -0.2) is 0 Å². The number of hydrogen-bond donors (Lipinski definition) is 1. The summed E-state index contributed by atoms with van der Waals surface area (Å²) in [5.74, 6) is 1.87. The van der Waals surface area contributed by atoms with Gasteiger partial charge in [-0.2, -0.15) is 0 Å². The van der Waals surface area contributed by atoms with Crippen LogP contribution in [0, 0.1) is 6.92 Å². The highest BCUT2D eigenvalue weighted by atomic mass is 79.9. The van der Waals surface area contributed by atoms with Crippen LogP contribution in [-0.4, -0.2) is 19.3 Å². The molecule has 102 valence electrons. The van der Waals surface area contributed by atoms with E-state index in [9.17, 15) is 5.11 Å². The highest BCUT2D eigenvalue weighted by Crippen LogP contribution is 2.38. The van der Waals surface area contributed by atoms with E-state index in [2.05, 4.69) is 15.9 Å². The zero-order valence-electron chi connectivity index (χ0n) is 10.9. The summed E-state index contributed by atoms with van der Waals surface area (Å²) < 4.78 is 16.4. The van der Waals surface area contributed by atoms with Crippen molar-refractivity contribution in [3.8, 4) is 11.5 Å². The van der Waals surface area contributed by atoms with Crippen molar-refractivity contribution in [3.63, 3.8) is 0 Å². The Kier molecular flexibility index (Phi) is 4.17. The Hall–Kier alpha value is -1.46. The Morgan fingerprint density at radius 3 is 2.32 bits per heavy atom. The van der Waals surface area contributed by atoms with Crippen LogP contribution < -0.4 is 9.47 Å². The second kappa shape index (κ2) is 5.67. The Labute approximate surface area is 120 Å². The van der Waals surface area contributed by atoms with Gasteiger partial charge in [-0.1, -0.05) is 15.9 Å². The molecule has 1 aromatic carbocycles. The number of ether oxygens (including phenoxy) is 2. The highest BCUT2D eigenvalue weighted by Gasteiger charge is 2.20. The zero-order chi connectivity index (χ0) is 14.0. The van der Waals surface area contributed by atoms with Gasteiger partial charge in [0.25, 0.3) is 0 Å². The van der Waals surface area contributed by atoms with Crippen molar-refractivity contribution in [1.82, 2.24) is 0 Å². The van der Waals surface area contributed by atoms with Gasteiger partial charge in [-0.05, 0) is 25.1 Å². The Morgan fingerprint density at radius 1 is 1.16 bits per heavy atom. The molecule has 1 aromatic heterocycles. The maximum Gasteiger partial charge on any atom is 0.161 e. The van der Waals surface area contributed by atoms with Gasteiger partial charge in [0.05, 0.1) is 20.5 Å². The summed E-state index contributed by atoms with van der Waals surface area (Å²) in [4.78, 5) is 0. The van der Waals surface area contributed by atoms with Crippen molar-refractivity contribution in [2.24, 2.45) is 0 Å². The molecule has 1 atom stereocenters. The molecule has 2 aromatic rings. The highest BCUT2D eigenvalue weighted by molar-refractivity contribution is 9.10. The zero-order valence-corrected chi connectivity index (χ0v) is 12.5. The summed E-state index contributed by atoms with van der Waals surface area (Å²) >= 11 is 3.44. The minimum Gasteiger partial charge on any atom is -0.493 e. The maximum atomic E-state index is 10.4. The molecule has 0 bridgehead atoms. The molecule has 19 heavy (non-hydrogen) atoms. The molecule has 1 unspecified atom stereocenters. The third kappa shape index (κ3) is 2.62. The van der Waals surface area contributed by atoms with Crippen molar-refractivity contribution >= 4 is 15.9 Å². The molecular formula is C14H15BrO4. The normalized spacial score (nSPS) is 12.3. The summed E-state index contributed by atoms with van der Waals surface area (Å²) in [6, 6.07) is 5.27. The fourth-order valence-corrected chi connectivity index (χ4v) is 2.46. The first-order valence-corrected chi connectivity index (χ1v) is 6.51. The predicted octanol–water partition coefficient (Wildman–Crippen LogP) is 3.45. The van der Waals surface area contributed by atoms with Gasteiger partial charge in [0, 0.05) is 15.6 Å². The molecule has 0 fully saturated rings. The van der Waals surface area contributed by atoms with E-state index in [1.54, 1.807) is 38.7 Å². The molecule has 0 aliphatic heterocycles. The number of rotatable bonds is 4. The maximum absolute atomic E-state index is 10.4. The third-order valence-corrected chi connectivity index (χ3v) is 3.68. The minimum absolute atomic E-state index is 0.570. The van der Waals surface area contributed by atoms with Gasteiger partial charge in [0.15, 0.2) is 11.5 Å². The Morgan fingerprint density at radius 2 is 1.79 bits per heavy atom. The first-order chi connectivity index (χ1) is 9.08. The van der Waals surface area contributed by atoms with Crippen LogP contribution in [0.5, 0.6) is 11.5 Å². The van der Waals surface area contributed by atoms with Crippen LogP contribution in [0.3, 0.4) is 0 Å². The van der Waals surface area contributed by atoms with Gasteiger partial charge >= 0.3 is 0 Å². The van der Waals surface area contributed by atoms with Gasteiger partial charge in [-0.3, -0.25) is 0 Å². The third-order valence-electron chi connectivity index (χ3n) is 2.99. The lowest BCUT2D eigenvalue weighted by Crippen LogP contribution is -2.02. The summed E-state index contributed by atoms with van der Waals surface area (Å²) in [5.41, 5.74) is 1.43. The molecule has 0 spiro atoms. The molecule has 0 amide bonds. The number of furan rings is 1. The molecule has 0 aliphatic carbocycles. The Bertz CT molecular complexity index is 577. The largest absolute Gasteiger partial charge is 0.493 e. The summed E-state index contributed by atoms with van der Waals surface area (Å²) in [5, 5.41) is 10.4. The Balaban J connectivity index is 2.48. The molecule has 0 saturated carbocycles. The van der Waals surface area contributed by atoms with E-state index in [1.807, 2.05) is 6.92 Å². The molecular weight excluding hydrogens is 312 g/mol. The van der Waals surface area contributed by atoms with E-state index < -0.39 is 6.10 Å². The second-order valence-corrected chi connectivity index (χ2v) is 4.92. The average molecular weight is 327 g/mol. The van der Waals surface area contributed by atoms with E-state index in [1.165, 1.54) is 0 Å². The van der Waals surface area contributed by atoms with Crippen LogP contribution in [0.1, 0.15) is 23.0 Å². The SMILES string of the molecule is COc1cc(Br)c(C(O)c2ccoc2C)cc1OC. The van der Waals surface area contributed by atoms with Crippen molar-refractivity contribution in [2.75, 3.05) is 14.2 Å². The van der Waals surface area contributed by atoms with Crippen molar-refractivity contribution in [3.05, 3.63) is 45.8 Å². The van der Waals surface area contributed by atoms with Gasteiger partial charge < -0.3 is 19.0 Å². The van der Waals surface area contributed by atoms with Crippen LogP contribution in [0.4, 0.5) is 0 Å². The van der Waals surface area contributed by atoms with Crippen LogP contribution in [0.15, 0.2) is 33.4 Å². The predicted molar refractivity (Wildman–Crippen MR) is 74.8 cm³/mol. The van der Waals surface area contributed by atoms with Crippen LogP contribution in [-0.2, 0) is 0 Å². The number of aliphatic hydroxyl groups excluding tert-OH is 1. The van der Waals surface area contributed by atoms with E-state index in [-0.39, 0.29) is 0 Å². The van der Waals surface area contributed by atoms with E-state index in [4.69, 9.17) is 13.9 Å². The molecule has 0 saturated heterocycles. The number of hydrogen-bond acceptors (Lipinski definition) is 4. The fourth-order valence-electron chi connectivity index (χ4n) is 1.93. The summed E-state index contributed by atoms with van der Waals surface area (Å²) in [6.07, 6.45) is 0.774. The van der Waals surface area contributed by atoms with E-state index in [0.29, 0.717) is 22.8 Å². The van der Waals surface area contributed by atoms with Crippen LogP contribution in [0.25, 0.3) is 0 Å². The molecule has 2 rings (SSSR count). The molecule has 5 heteroatoms. The van der Waals surface area contributed by atoms with Gasteiger partial charge in [0.2, 0.25) is 0 Å². The topological polar surface area (TPSA) is 51.8 Å². The molecule has 0 radical (unpaired) electrons. The number of methoxy groups -OCH3 is 2. The first-order valence-electron chi connectivity index (χ1n) is 5.72. The molecule has 0 aliphatic rings. The van der Waals surface area contributed by atoms with Gasteiger partial charge in [0.1, 0.15) is 11.9 Å². The first kappa shape index (κ1) is 14.0. The summed E-state index contributed by atoms with van der Waals surface area (Å²) in [7, 11) is 3.13. The van der Waals surface area contributed by atoms with Crippen molar-refractivity contribution < 1.29 is 19.0 Å². The smallest absolute Gasteiger partial charge is 0.161 e.